The summed E-state index contributed by atoms with van der Waals surface area (Å²) in [5.74, 6) is 0.323. The molecule has 1 amide bonds. The number of amides is 1. The van der Waals surface area contributed by atoms with Gasteiger partial charge >= 0.3 is 0 Å². The fraction of sp³-hybridized carbons (Fsp3) is 0.200. The molecule has 0 radical (unpaired) electrons. The maximum atomic E-state index is 11.0. The van der Waals surface area contributed by atoms with E-state index in [-0.39, 0.29) is 5.69 Å². The molecular formula is C15H17N3O2. The Morgan fingerprint density at radius 2 is 2.20 bits per heavy atom. The molecule has 1 aromatic heterocycles. The Bertz CT molecular complexity index is 599. The number of benzene rings is 1. The molecule has 0 aliphatic carbocycles. The highest BCUT2D eigenvalue weighted by molar-refractivity contribution is 5.91. The number of rotatable bonds is 6. The van der Waals surface area contributed by atoms with Crippen LogP contribution in [0.15, 0.2) is 42.6 Å². The quantitative estimate of drug-likeness (QED) is 0.840. The fourth-order valence-corrected chi connectivity index (χ4v) is 1.85. The summed E-state index contributed by atoms with van der Waals surface area (Å²) >= 11 is 0. The number of nitrogens with one attached hydrogen (secondary N) is 1. The van der Waals surface area contributed by atoms with Crippen molar-refractivity contribution < 1.29 is 9.53 Å². The molecule has 0 spiro atoms. The summed E-state index contributed by atoms with van der Waals surface area (Å²) in [7, 11) is 1.65. The Balaban J connectivity index is 1.92. The van der Waals surface area contributed by atoms with Crippen LogP contribution in [0.4, 0.5) is 5.69 Å². The predicted molar refractivity (Wildman–Crippen MR) is 77.9 cm³/mol. The molecular weight excluding hydrogens is 254 g/mol. The van der Waals surface area contributed by atoms with E-state index in [9.17, 15) is 4.79 Å². The van der Waals surface area contributed by atoms with Gasteiger partial charge in [-0.15, -0.1) is 0 Å². The smallest absolute Gasteiger partial charge is 0.267 e. The number of anilines is 1. The Hall–Kier alpha value is -2.56. The zero-order valence-electron chi connectivity index (χ0n) is 11.3. The number of ether oxygens (including phenoxy) is 1. The molecule has 0 aliphatic rings. The SMILES string of the molecule is COc1cccc(CCNc2ccnc(C(N)=O)c2)c1. The van der Waals surface area contributed by atoms with Crippen molar-refractivity contribution in [3.63, 3.8) is 0 Å². The Kier molecular flexibility index (Phi) is 4.55. The first kappa shape index (κ1) is 13.9. The van der Waals surface area contributed by atoms with E-state index in [0.29, 0.717) is 0 Å². The topological polar surface area (TPSA) is 77.2 Å². The van der Waals surface area contributed by atoms with E-state index < -0.39 is 5.91 Å². The zero-order chi connectivity index (χ0) is 14.4. The van der Waals surface area contributed by atoms with Crippen molar-refractivity contribution in [2.24, 2.45) is 5.73 Å². The van der Waals surface area contributed by atoms with Crippen LogP contribution in [0.1, 0.15) is 16.1 Å². The largest absolute Gasteiger partial charge is 0.497 e. The van der Waals surface area contributed by atoms with Crippen molar-refractivity contribution in [1.82, 2.24) is 4.98 Å². The first-order valence-electron chi connectivity index (χ1n) is 6.31. The van der Waals surface area contributed by atoms with Crippen LogP contribution < -0.4 is 15.8 Å². The van der Waals surface area contributed by atoms with E-state index in [0.717, 1.165) is 24.4 Å². The fourth-order valence-electron chi connectivity index (χ4n) is 1.85. The Morgan fingerprint density at radius 1 is 1.35 bits per heavy atom. The minimum Gasteiger partial charge on any atom is -0.497 e. The summed E-state index contributed by atoms with van der Waals surface area (Å²) in [4.78, 5) is 14.9. The van der Waals surface area contributed by atoms with Crippen molar-refractivity contribution in [1.29, 1.82) is 0 Å². The number of hydrogen-bond donors (Lipinski definition) is 2. The highest BCUT2D eigenvalue weighted by Gasteiger charge is 2.02. The molecule has 0 aliphatic heterocycles. The standard InChI is InChI=1S/C15H17N3O2/c1-20-13-4-2-3-11(9-13)5-7-17-12-6-8-18-14(10-12)15(16)19/h2-4,6,8-10H,5,7H2,1H3,(H2,16,19)(H,17,18). The number of carbonyl (C=O) groups is 1. The third-order valence-corrected chi connectivity index (χ3v) is 2.89. The highest BCUT2D eigenvalue weighted by Crippen LogP contribution is 2.13. The van der Waals surface area contributed by atoms with E-state index in [1.807, 2.05) is 24.3 Å². The molecule has 1 aromatic carbocycles. The van der Waals surface area contributed by atoms with Crippen LogP contribution in [-0.4, -0.2) is 24.5 Å². The molecule has 0 fully saturated rings. The highest BCUT2D eigenvalue weighted by atomic mass is 16.5. The third-order valence-electron chi connectivity index (χ3n) is 2.89. The average Bonchev–Trinajstić information content (AvgIpc) is 2.48. The lowest BCUT2D eigenvalue weighted by Gasteiger charge is -2.08. The van der Waals surface area contributed by atoms with Gasteiger partial charge < -0.3 is 15.8 Å². The number of nitrogens with zero attached hydrogens (tertiary/aromatic N) is 1. The molecule has 20 heavy (non-hydrogen) atoms. The van der Waals surface area contributed by atoms with Gasteiger partial charge in [0.25, 0.3) is 5.91 Å². The molecule has 5 heteroatoms. The summed E-state index contributed by atoms with van der Waals surface area (Å²) in [6.07, 6.45) is 2.42. The molecule has 2 rings (SSSR count). The first-order chi connectivity index (χ1) is 9.69. The molecule has 2 aromatic rings. The van der Waals surface area contributed by atoms with Crippen molar-refractivity contribution >= 4 is 11.6 Å². The van der Waals surface area contributed by atoms with Crippen LogP contribution in [0.3, 0.4) is 0 Å². The van der Waals surface area contributed by atoms with Crippen LogP contribution in [0, 0.1) is 0 Å². The third kappa shape index (κ3) is 3.71. The predicted octanol–water partition coefficient (Wildman–Crippen LogP) is 1.84. The average molecular weight is 271 g/mol. The molecule has 0 saturated heterocycles. The van der Waals surface area contributed by atoms with E-state index >= 15 is 0 Å². The van der Waals surface area contributed by atoms with Gasteiger partial charge in [-0.05, 0) is 36.2 Å². The molecule has 1 heterocycles. The van der Waals surface area contributed by atoms with Crippen LogP contribution in [0.5, 0.6) is 5.75 Å². The number of aromatic nitrogens is 1. The lowest BCUT2D eigenvalue weighted by molar-refractivity contribution is 0.0995. The Morgan fingerprint density at radius 3 is 2.95 bits per heavy atom. The van der Waals surface area contributed by atoms with Gasteiger partial charge in [-0.2, -0.15) is 0 Å². The number of hydrogen-bond acceptors (Lipinski definition) is 4. The van der Waals surface area contributed by atoms with E-state index in [1.54, 1.807) is 25.4 Å². The molecule has 0 unspecified atom stereocenters. The maximum absolute atomic E-state index is 11.0. The lowest BCUT2D eigenvalue weighted by atomic mass is 10.1. The van der Waals surface area contributed by atoms with E-state index in [4.69, 9.17) is 10.5 Å². The van der Waals surface area contributed by atoms with E-state index in [1.165, 1.54) is 5.56 Å². The summed E-state index contributed by atoms with van der Waals surface area (Å²) in [6, 6.07) is 11.4. The molecule has 0 saturated carbocycles. The van der Waals surface area contributed by atoms with Gasteiger partial charge in [-0.1, -0.05) is 12.1 Å². The van der Waals surface area contributed by atoms with Crippen molar-refractivity contribution in [2.45, 2.75) is 6.42 Å². The van der Waals surface area contributed by atoms with Gasteiger partial charge in [0.1, 0.15) is 11.4 Å². The summed E-state index contributed by atoms with van der Waals surface area (Å²) in [6.45, 7) is 0.745. The van der Waals surface area contributed by atoms with Crippen LogP contribution in [-0.2, 0) is 6.42 Å². The molecule has 0 atom stereocenters. The van der Waals surface area contributed by atoms with E-state index in [2.05, 4.69) is 10.3 Å². The van der Waals surface area contributed by atoms with Gasteiger partial charge in [0, 0.05) is 18.4 Å². The number of nitrogens with two attached hydrogens (primary N) is 1. The van der Waals surface area contributed by atoms with Crippen LogP contribution in [0.2, 0.25) is 0 Å². The second-order valence-corrected chi connectivity index (χ2v) is 4.32. The number of carbonyl (C=O) groups excluding carboxylic acids is 1. The molecule has 5 nitrogen and oxygen atoms in total. The zero-order valence-corrected chi connectivity index (χ0v) is 11.3. The number of primary amides is 1. The summed E-state index contributed by atoms with van der Waals surface area (Å²) in [5, 5.41) is 3.24. The van der Waals surface area contributed by atoms with Crippen molar-refractivity contribution in [3.05, 3.63) is 53.9 Å². The maximum Gasteiger partial charge on any atom is 0.267 e. The number of pyridine rings is 1. The molecule has 104 valence electrons. The van der Waals surface area contributed by atoms with Gasteiger partial charge in [0.05, 0.1) is 7.11 Å². The van der Waals surface area contributed by atoms with Crippen molar-refractivity contribution in [2.75, 3.05) is 19.0 Å². The monoisotopic (exact) mass is 271 g/mol. The van der Waals surface area contributed by atoms with Gasteiger partial charge in [0.2, 0.25) is 0 Å². The second kappa shape index (κ2) is 6.56. The summed E-state index contributed by atoms with van der Waals surface area (Å²) < 4.78 is 5.18. The lowest BCUT2D eigenvalue weighted by Crippen LogP contribution is -2.13. The minimum atomic E-state index is -0.526. The summed E-state index contributed by atoms with van der Waals surface area (Å²) in [5.41, 5.74) is 7.46. The van der Waals surface area contributed by atoms with Gasteiger partial charge in [-0.3, -0.25) is 9.78 Å². The minimum absolute atomic E-state index is 0.261. The normalized spacial score (nSPS) is 10.1. The molecule has 0 bridgehead atoms. The molecule has 3 N–H and O–H groups in total. The van der Waals surface area contributed by atoms with Crippen molar-refractivity contribution in [3.8, 4) is 5.75 Å². The van der Waals surface area contributed by atoms with Crippen LogP contribution >= 0.6 is 0 Å². The second-order valence-electron chi connectivity index (χ2n) is 4.32. The van der Waals surface area contributed by atoms with Crippen LogP contribution in [0.25, 0.3) is 0 Å². The number of methoxy groups -OCH3 is 1. The van der Waals surface area contributed by atoms with Gasteiger partial charge in [0.15, 0.2) is 0 Å². The van der Waals surface area contributed by atoms with Gasteiger partial charge in [-0.25, -0.2) is 0 Å². The Labute approximate surface area is 117 Å². The first-order valence-corrected chi connectivity index (χ1v) is 6.31.